The van der Waals surface area contributed by atoms with Gasteiger partial charge in [0.15, 0.2) is 41.6 Å². The molecule has 0 radical (unpaired) electrons. The summed E-state index contributed by atoms with van der Waals surface area (Å²) in [6, 6.07) is 0. The Balaban J connectivity index is 1.22. The molecule has 7 heterocycles. The van der Waals surface area contributed by atoms with Crippen molar-refractivity contribution in [2.45, 2.75) is 49.1 Å². The number of hydrogen-bond donors (Lipinski definition) is 4. The number of ether oxygens (including phenoxy) is 2. The van der Waals surface area contributed by atoms with Crippen molar-refractivity contribution in [2.24, 2.45) is 0 Å². The van der Waals surface area contributed by atoms with Crippen LogP contribution in [0.5, 0.6) is 0 Å². The van der Waals surface area contributed by atoms with Crippen LogP contribution in [0.15, 0.2) is 25.3 Å². The molecule has 0 aliphatic carbocycles. The SMILES string of the molecule is COP1(=O)OC[C@H]2O[C@@H](n3cnc4c(N)ncnc43)[C@@H](O[P@](=O)(S)OC[C@H]3O[C@@H](n4cnc5c(N)ncnc54)[C@@H](F)C3O1)C2O. The standard InChI is InChI=1S/C21H25FN10O10P2S/c1-36-43(34)37-2-8-13(33)15(21(39-8)32-7-30-12-17(24)26-5-28-19(12)32)42-44(35,45)38-3-9-14(41-43)10(22)20(40-9)31-6-29-11-16(23)25-4-27-18(11)31/h4-10,13-15,20-21,33H,2-3H2,1H3,(H,35,45)(H2,23,25,27)(H2,24,26,28)/t8-,9-,10+,13?,14?,15+,20-,21-,43?,44-/m1/s1. The smallest absolute Gasteiger partial charge is 0.387 e. The summed E-state index contributed by atoms with van der Waals surface area (Å²) in [5.41, 5.74) is 12.5. The molecule has 242 valence electrons. The first-order valence-electron chi connectivity index (χ1n) is 13.1. The molecule has 3 saturated heterocycles. The van der Waals surface area contributed by atoms with Gasteiger partial charge >= 0.3 is 14.6 Å². The van der Waals surface area contributed by atoms with E-state index in [9.17, 15) is 14.2 Å². The maximum atomic E-state index is 16.1. The highest BCUT2D eigenvalue weighted by Crippen LogP contribution is 2.59. The molecule has 0 saturated carbocycles. The van der Waals surface area contributed by atoms with Crippen molar-refractivity contribution in [3.63, 3.8) is 0 Å². The van der Waals surface area contributed by atoms with Gasteiger partial charge in [0.1, 0.15) is 54.2 Å². The molecule has 20 nitrogen and oxygen atoms in total. The molecule has 24 heteroatoms. The summed E-state index contributed by atoms with van der Waals surface area (Å²) in [6.07, 6.45) is -7.11. The second kappa shape index (κ2) is 11.4. The first-order chi connectivity index (χ1) is 21.5. The van der Waals surface area contributed by atoms with Crippen LogP contribution in [0.4, 0.5) is 16.0 Å². The number of nitrogen functional groups attached to an aromatic ring is 2. The van der Waals surface area contributed by atoms with Crippen LogP contribution < -0.4 is 11.5 Å². The first-order valence-corrected chi connectivity index (χ1v) is 17.3. The van der Waals surface area contributed by atoms with Crippen LogP contribution in [-0.4, -0.2) is 101 Å². The van der Waals surface area contributed by atoms with E-state index in [1.165, 1.54) is 34.4 Å². The lowest BCUT2D eigenvalue weighted by atomic mass is 10.1. The fourth-order valence-electron chi connectivity index (χ4n) is 5.28. The van der Waals surface area contributed by atoms with E-state index in [2.05, 4.69) is 42.2 Å². The van der Waals surface area contributed by atoms with Gasteiger partial charge in [-0.1, -0.05) is 12.2 Å². The van der Waals surface area contributed by atoms with E-state index in [0.717, 1.165) is 7.11 Å². The van der Waals surface area contributed by atoms with Gasteiger partial charge in [-0.3, -0.25) is 31.8 Å². The van der Waals surface area contributed by atoms with Crippen LogP contribution in [0.3, 0.4) is 0 Å². The van der Waals surface area contributed by atoms with E-state index in [4.69, 9.17) is 43.6 Å². The Hall–Kier alpha value is -2.88. The van der Waals surface area contributed by atoms with Crippen LogP contribution >= 0.6 is 26.9 Å². The molecule has 3 aliphatic rings. The van der Waals surface area contributed by atoms with Crippen LogP contribution in [-0.2, 0) is 41.2 Å². The third-order valence-corrected chi connectivity index (χ3v) is 10.5. The van der Waals surface area contributed by atoms with Gasteiger partial charge in [-0.25, -0.2) is 43.4 Å². The molecule has 3 unspecified atom stereocenters. The van der Waals surface area contributed by atoms with E-state index < -0.39 is 77.0 Å². The van der Waals surface area contributed by atoms with E-state index >= 15 is 4.39 Å². The zero-order valence-electron chi connectivity index (χ0n) is 22.9. The van der Waals surface area contributed by atoms with Gasteiger partial charge in [-0.05, 0) is 0 Å². The molecule has 5 N–H and O–H groups in total. The number of nitrogens with zero attached hydrogens (tertiary/aromatic N) is 8. The number of imidazole rings is 2. The number of aliphatic hydroxyl groups excluding tert-OH is 1. The fourth-order valence-corrected chi connectivity index (χ4v) is 7.87. The van der Waals surface area contributed by atoms with E-state index in [1.54, 1.807) is 0 Å². The normalized spacial score (nSPS) is 37.7. The van der Waals surface area contributed by atoms with Gasteiger partial charge in [0.2, 0.25) is 0 Å². The molecule has 0 amide bonds. The van der Waals surface area contributed by atoms with Gasteiger partial charge in [-0.15, -0.1) is 0 Å². The van der Waals surface area contributed by atoms with Crippen molar-refractivity contribution < 1.29 is 50.7 Å². The molecular weight excluding hydrogens is 665 g/mol. The number of rotatable bonds is 3. The Morgan fingerprint density at radius 3 is 2.09 bits per heavy atom. The molecule has 10 atom stereocenters. The summed E-state index contributed by atoms with van der Waals surface area (Å²) < 4.78 is 85.0. The van der Waals surface area contributed by atoms with Gasteiger partial charge in [0, 0.05) is 7.11 Å². The highest BCUT2D eigenvalue weighted by atomic mass is 32.7. The predicted molar refractivity (Wildman–Crippen MR) is 151 cm³/mol. The maximum absolute atomic E-state index is 16.1. The Labute approximate surface area is 256 Å². The van der Waals surface area contributed by atoms with Gasteiger partial charge < -0.3 is 26.0 Å². The second-order valence-corrected chi connectivity index (χ2v) is 14.7. The minimum absolute atomic E-state index is 0.0525. The highest BCUT2D eigenvalue weighted by Gasteiger charge is 2.54. The quantitative estimate of drug-likeness (QED) is 0.172. The Bertz CT molecular complexity index is 1850. The largest absolute Gasteiger partial charge is 0.475 e. The minimum atomic E-state index is -4.57. The lowest BCUT2D eigenvalue weighted by molar-refractivity contribution is -0.0629. The number of fused-ring (bicyclic) bond motifs is 5. The number of nitrogens with two attached hydrogens (primary N) is 2. The van der Waals surface area contributed by atoms with E-state index in [1.807, 2.05) is 0 Å². The summed E-state index contributed by atoms with van der Waals surface area (Å²) in [5.74, 6) is 0.130. The maximum Gasteiger partial charge on any atom is 0.475 e. The molecule has 7 rings (SSSR count). The molecule has 0 aromatic carbocycles. The predicted octanol–water partition coefficient (Wildman–Crippen LogP) is 0.934. The zero-order valence-corrected chi connectivity index (χ0v) is 25.6. The average Bonchev–Trinajstić information content (AvgIpc) is 3.77. The van der Waals surface area contributed by atoms with Crippen molar-refractivity contribution in [2.75, 3.05) is 31.8 Å². The van der Waals surface area contributed by atoms with Gasteiger partial charge in [0.25, 0.3) is 0 Å². The highest BCUT2D eigenvalue weighted by molar-refractivity contribution is 8.44. The number of phosphoric acid groups is 1. The van der Waals surface area contributed by atoms with Crippen LogP contribution in [0.2, 0.25) is 0 Å². The fraction of sp³-hybridized carbons (Fsp3) is 0.524. The number of alkyl halides is 1. The molecule has 0 spiro atoms. The second-order valence-electron chi connectivity index (χ2n) is 10.1. The third-order valence-electron chi connectivity index (χ3n) is 7.43. The zero-order chi connectivity index (χ0) is 31.7. The topological polar surface area (TPSA) is 258 Å². The van der Waals surface area contributed by atoms with Crippen molar-refractivity contribution in [1.82, 2.24) is 39.0 Å². The molecular formula is C21H25FN10O10P2S. The Morgan fingerprint density at radius 1 is 0.889 bits per heavy atom. The third kappa shape index (κ3) is 5.38. The lowest BCUT2D eigenvalue weighted by Crippen LogP contribution is -2.35. The molecule has 4 aromatic rings. The number of aliphatic hydroxyl groups is 1. The summed E-state index contributed by atoms with van der Waals surface area (Å²) in [7, 11) is -3.54. The van der Waals surface area contributed by atoms with Gasteiger partial charge in [-0.2, -0.15) is 0 Å². The van der Waals surface area contributed by atoms with Crippen molar-refractivity contribution in [1.29, 1.82) is 0 Å². The number of anilines is 2. The Kier molecular flexibility index (Phi) is 7.81. The van der Waals surface area contributed by atoms with Crippen LogP contribution in [0.1, 0.15) is 12.5 Å². The van der Waals surface area contributed by atoms with Crippen LogP contribution in [0.25, 0.3) is 22.3 Å². The molecule has 3 aliphatic heterocycles. The molecule has 2 bridgehead atoms. The molecule has 45 heavy (non-hydrogen) atoms. The summed E-state index contributed by atoms with van der Waals surface area (Å²) in [6.45, 7) is -5.62. The van der Waals surface area contributed by atoms with E-state index in [-0.39, 0.29) is 34.0 Å². The number of halogens is 1. The van der Waals surface area contributed by atoms with Crippen LogP contribution in [0, 0.1) is 0 Å². The number of aromatic nitrogens is 8. The van der Waals surface area contributed by atoms with E-state index in [0.29, 0.717) is 0 Å². The summed E-state index contributed by atoms with van der Waals surface area (Å²) >= 11 is 4.08. The lowest BCUT2D eigenvalue weighted by Gasteiger charge is -2.26. The van der Waals surface area contributed by atoms with Crippen molar-refractivity contribution in [3.05, 3.63) is 25.3 Å². The Morgan fingerprint density at radius 2 is 1.47 bits per heavy atom. The molecule has 3 fully saturated rings. The average molecular weight is 691 g/mol. The summed E-state index contributed by atoms with van der Waals surface area (Å²) in [4.78, 5) is 24.3. The molecule has 4 aromatic heterocycles. The number of hydrogen-bond acceptors (Lipinski definition) is 18. The van der Waals surface area contributed by atoms with Crippen molar-refractivity contribution >= 4 is 60.8 Å². The first kappa shape index (κ1) is 30.8. The summed E-state index contributed by atoms with van der Waals surface area (Å²) in [5, 5.41) is 11.2. The van der Waals surface area contributed by atoms with Crippen molar-refractivity contribution in [3.8, 4) is 0 Å². The van der Waals surface area contributed by atoms with Gasteiger partial charge in [0.05, 0.1) is 25.9 Å². The number of phosphoric ester groups is 1. The number of thiol groups is 1. The minimum Gasteiger partial charge on any atom is -0.387 e. The monoisotopic (exact) mass is 690 g/mol.